The third kappa shape index (κ3) is 3.42. The van der Waals surface area contributed by atoms with Crippen molar-refractivity contribution in [3.8, 4) is 11.3 Å². The molecule has 3 heteroatoms. The van der Waals surface area contributed by atoms with Gasteiger partial charge in [-0.15, -0.1) is 0 Å². The van der Waals surface area contributed by atoms with E-state index in [2.05, 4.69) is 69.8 Å². The monoisotopic (exact) mass is 401 g/mol. The lowest BCUT2D eigenvalue weighted by Gasteiger charge is -2.13. The van der Waals surface area contributed by atoms with Crippen molar-refractivity contribution in [1.29, 1.82) is 0 Å². The quantitative estimate of drug-likeness (QED) is 0.551. The van der Waals surface area contributed by atoms with Crippen LogP contribution in [0.15, 0.2) is 23.6 Å². The highest BCUT2D eigenvalue weighted by Crippen LogP contribution is 2.34. The molecule has 0 aliphatic heterocycles. The fraction of sp³-hybridized carbons (Fsp3) is 0.471. The summed E-state index contributed by atoms with van der Waals surface area (Å²) in [7, 11) is 2.16. The van der Waals surface area contributed by atoms with Crippen molar-refractivity contribution < 1.29 is 24.0 Å². The van der Waals surface area contributed by atoms with Crippen molar-refractivity contribution in [2.45, 2.75) is 46.5 Å². The van der Waals surface area contributed by atoms with Gasteiger partial charge in [0.15, 0.2) is 10.4 Å². The van der Waals surface area contributed by atoms with Crippen molar-refractivity contribution in [2.24, 2.45) is 7.05 Å². The Bertz CT molecular complexity index is 585. The fourth-order valence-electron chi connectivity index (χ4n) is 2.37. The van der Waals surface area contributed by atoms with Crippen LogP contribution in [0.2, 0.25) is 0 Å². The molecule has 1 aromatic carbocycles. The van der Waals surface area contributed by atoms with Crippen molar-refractivity contribution in [3.05, 3.63) is 39.7 Å². The average Bonchev–Trinajstić information content (AvgIpc) is 2.69. The molecule has 0 saturated heterocycles. The van der Waals surface area contributed by atoms with Gasteiger partial charge in [0.2, 0.25) is 5.69 Å². The Labute approximate surface area is 144 Å². The van der Waals surface area contributed by atoms with Crippen LogP contribution in [-0.2, 0) is 7.05 Å². The first-order chi connectivity index (χ1) is 8.91. The SMILES string of the molecule is C[c+]1scc(-c2cc(C(C)C)ccc2C(C)C)n1C.[I-]. The van der Waals surface area contributed by atoms with Crippen molar-refractivity contribution in [1.82, 2.24) is 4.57 Å². The first-order valence-corrected chi connectivity index (χ1v) is 7.88. The van der Waals surface area contributed by atoms with E-state index in [0.717, 1.165) is 0 Å². The minimum absolute atomic E-state index is 0. The molecule has 0 fully saturated rings. The standard InChI is InChI=1S/C17H24NS.HI/c1-11(2)14-7-8-15(12(3)4)16(9-14)17-10-19-13(5)18(17)6;/h7-12H,1-6H3;1H/q+1;/p-1. The number of aryl methyl sites for hydroxylation is 1. The normalized spacial score (nSPS) is 11.0. The molecule has 1 aromatic heterocycles. The van der Waals surface area contributed by atoms with E-state index in [1.807, 2.05) is 11.3 Å². The van der Waals surface area contributed by atoms with Crippen molar-refractivity contribution in [2.75, 3.05) is 0 Å². The van der Waals surface area contributed by atoms with Crippen LogP contribution in [-0.4, -0.2) is 4.57 Å². The van der Waals surface area contributed by atoms with Gasteiger partial charge in [-0.25, -0.2) is 4.57 Å². The third-order valence-electron chi connectivity index (χ3n) is 3.82. The number of hydrogen-bond acceptors (Lipinski definition) is 1. The highest BCUT2D eigenvalue weighted by atomic mass is 127. The van der Waals surface area contributed by atoms with Gasteiger partial charge in [0.05, 0.1) is 5.56 Å². The van der Waals surface area contributed by atoms with E-state index >= 15 is 0 Å². The summed E-state index contributed by atoms with van der Waals surface area (Å²) >= 11 is 1.82. The molecule has 0 amide bonds. The number of benzene rings is 1. The lowest BCUT2D eigenvalue weighted by atomic mass is 9.91. The average molecular weight is 401 g/mol. The molecule has 2 rings (SSSR count). The van der Waals surface area contributed by atoms with Crippen molar-refractivity contribution in [3.63, 3.8) is 0 Å². The van der Waals surface area contributed by atoms with Crippen LogP contribution in [0.25, 0.3) is 11.3 Å². The summed E-state index contributed by atoms with van der Waals surface area (Å²) in [4.78, 5) is 0. The molecule has 0 N–H and O–H groups in total. The van der Waals surface area contributed by atoms with Crippen LogP contribution in [0, 0.1) is 6.92 Å². The van der Waals surface area contributed by atoms with Gasteiger partial charge >= 0.3 is 0 Å². The molecular weight excluding hydrogens is 377 g/mol. The summed E-state index contributed by atoms with van der Waals surface area (Å²) in [6.45, 7) is 11.2. The number of halogens is 1. The number of aromatic nitrogens is 1. The second kappa shape index (κ2) is 7.03. The lowest BCUT2D eigenvalue weighted by Crippen LogP contribution is -3.00. The predicted octanol–water partition coefficient (Wildman–Crippen LogP) is 2.59. The number of thiazole rings is 1. The van der Waals surface area contributed by atoms with Gasteiger partial charge in [-0.1, -0.05) is 39.8 Å². The van der Waals surface area contributed by atoms with Crippen molar-refractivity contribution >= 4 is 11.3 Å². The summed E-state index contributed by atoms with van der Waals surface area (Å²) in [6.07, 6.45) is 0. The molecule has 1 heterocycles. The summed E-state index contributed by atoms with van der Waals surface area (Å²) in [5, 5.41) is 3.63. The van der Waals surface area contributed by atoms with E-state index in [-0.39, 0.29) is 24.0 Å². The van der Waals surface area contributed by atoms with Gasteiger partial charge in [0.1, 0.15) is 0 Å². The van der Waals surface area contributed by atoms with Crippen LogP contribution >= 0.6 is 11.3 Å². The molecule has 2 aromatic rings. The Balaban J connectivity index is 0.00000200. The zero-order chi connectivity index (χ0) is 14.2. The fourth-order valence-corrected chi connectivity index (χ4v) is 3.20. The maximum Gasteiger partial charge on any atom is 0.204 e. The minimum atomic E-state index is 0. The molecule has 0 unspecified atom stereocenters. The second-order valence-corrected chi connectivity index (χ2v) is 6.92. The highest BCUT2D eigenvalue weighted by Gasteiger charge is 2.20. The molecule has 20 heavy (non-hydrogen) atoms. The third-order valence-corrected chi connectivity index (χ3v) is 4.77. The smallest absolute Gasteiger partial charge is 0.204 e. The maximum atomic E-state index is 2.38. The molecule has 0 radical (unpaired) electrons. The predicted molar refractivity (Wildman–Crippen MR) is 86.0 cm³/mol. The van der Waals surface area contributed by atoms with Crippen LogP contribution < -0.4 is 24.0 Å². The molecular formula is C17H24INS. The Hall–Kier alpha value is -0.420. The molecule has 0 aliphatic rings. The number of rotatable bonds is 3. The first kappa shape index (κ1) is 17.6. The Morgan fingerprint density at radius 3 is 2.20 bits per heavy atom. The Kier molecular flexibility index (Phi) is 6.20. The van der Waals surface area contributed by atoms with E-state index in [1.54, 1.807) is 0 Å². The molecule has 110 valence electrons. The zero-order valence-electron chi connectivity index (χ0n) is 13.2. The second-order valence-electron chi connectivity index (χ2n) is 5.86. The van der Waals surface area contributed by atoms with Gasteiger partial charge in [-0.3, -0.25) is 0 Å². The van der Waals surface area contributed by atoms with Crippen LogP contribution in [0.3, 0.4) is 0 Å². The Morgan fingerprint density at radius 2 is 1.75 bits per heavy atom. The molecule has 0 atom stereocenters. The molecule has 1 nitrogen and oxygen atoms in total. The van der Waals surface area contributed by atoms with E-state index < -0.39 is 0 Å². The maximum absolute atomic E-state index is 2.38. The minimum Gasteiger partial charge on any atom is -1.00 e. The molecule has 0 spiro atoms. The summed E-state index contributed by atoms with van der Waals surface area (Å²) in [5.41, 5.74) is 5.60. The van der Waals surface area contributed by atoms with Crippen LogP contribution in [0.4, 0.5) is 0 Å². The van der Waals surface area contributed by atoms with Crippen LogP contribution in [0.1, 0.15) is 55.7 Å². The topological polar surface area (TPSA) is 4.93 Å². The largest absolute Gasteiger partial charge is 1.00 e. The zero-order valence-corrected chi connectivity index (χ0v) is 16.2. The highest BCUT2D eigenvalue weighted by molar-refractivity contribution is 7.09. The number of nitrogens with zero attached hydrogens (tertiary/aromatic N) is 1. The van der Waals surface area contributed by atoms with E-state index in [9.17, 15) is 0 Å². The van der Waals surface area contributed by atoms with Gasteiger partial charge in [0, 0.05) is 25.3 Å². The van der Waals surface area contributed by atoms with Gasteiger partial charge in [-0.2, -0.15) is 0 Å². The van der Waals surface area contributed by atoms with Gasteiger partial charge in [0.25, 0.3) is 0 Å². The van der Waals surface area contributed by atoms with E-state index in [4.69, 9.17) is 0 Å². The lowest BCUT2D eigenvalue weighted by molar-refractivity contribution is -0.00000422. The summed E-state index contributed by atoms with van der Waals surface area (Å²) in [5.74, 6) is 1.13. The van der Waals surface area contributed by atoms with Crippen LogP contribution in [0.5, 0.6) is 0 Å². The Morgan fingerprint density at radius 1 is 1.10 bits per heavy atom. The molecule has 0 aliphatic carbocycles. The summed E-state index contributed by atoms with van der Waals surface area (Å²) in [6, 6.07) is 6.96. The first-order valence-electron chi connectivity index (χ1n) is 7.00. The van der Waals surface area contributed by atoms with E-state index in [0.29, 0.717) is 11.8 Å². The van der Waals surface area contributed by atoms with Gasteiger partial charge in [-0.05, 0) is 29.0 Å². The molecule has 0 saturated carbocycles. The summed E-state index contributed by atoms with van der Waals surface area (Å²) < 4.78 is 2.30. The van der Waals surface area contributed by atoms with E-state index in [1.165, 1.54) is 27.4 Å². The molecule has 0 bridgehead atoms. The van der Waals surface area contributed by atoms with Gasteiger partial charge < -0.3 is 24.0 Å². The number of hydrogen-bond donors (Lipinski definition) is 0.